The molecule has 0 spiro atoms. The van der Waals surface area contributed by atoms with Crippen LogP contribution in [-0.2, 0) is 0 Å². The molecule has 0 saturated heterocycles. The van der Waals surface area contributed by atoms with Crippen LogP contribution in [0.2, 0.25) is 0 Å². The van der Waals surface area contributed by atoms with Gasteiger partial charge in [0.05, 0.1) is 0 Å². The predicted octanol–water partition coefficient (Wildman–Crippen LogP) is 4.78. The van der Waals surface area contributed by atoms with Gasteiger partial charge >= 0.3 is 0 Å². The second-order valence-electron chi connectivity index (χ2n) is 6.31. The van der Waals surface area contributed by atoms with Crippen LogP contribution in [0.3, 0.4) is 0 Å². The van der Waals surface area contributed by atoms with Gasteiger partial charge in [-0.25, -0.2) is 0 Å². The van der Waals surface area contributed by atoms with Gasteiger partial charge < -0.3 is 5.32 Å². The van der Waals surface area contributed by atoms with Gasteiger partial charge in [-0.1, -0.05) is 44.4 Å². The first-order chi connectivity index (χ1) is 9.15. The molecule has 1 aliphatic rings. The Bertz CT molecular complexity index is 410. The zero-order valence-corrected chi connectivity index (χ0v) is 13.0. The molecule has 1 aromatic carbocycles. The first-order valence-electron chi connectivity index (χ1n) is 7.90. The summed E-state index contributed by atoms with van der Waals surface area (Å²) in [5.41, 5.74) is 4.29. The predicted molar refractivity (Wildman–Crippen MR) is 83.5 cm³/mol. The van der Waals surface area contributed by atoms with Crippen LogP contribution in [0.5, 0.6) is 0 Å². The number of rotatable bonds is 4. The molecule has 1 aromatic rings. The lowest BCUT2D eigenvalue weighted by molar-refractivity contribution is 0.214. The molecule has 0 aliphatic heterocycles. The van der Waals surface area contributed by atoms with E-state index in [1.807, 2.05) is 0 Å². The third-order valence-electron chi connectivity index (χ3n) is 5.07. The lowest BCUT2D eigenvalue weighted by Gasteiger charge is -2.34. The molecule has 19 heavy (non-hydrogen) atoms. The van der Waals surface area contributed by atoms with Crippen LogP contribution in [0.1, 0.15) is 61.8 Å². The van der Waals surface area contributed by atoms with E-state index in [0.717, 1.165) is 11.8 Å². The van der Waals surface area contributed by atoms with Crippen LogP contribution in [0.4, 0.5) is 0 Å². The van der Waals surface area contributed by atoms with E-state index in [4.69, 9.17) is 0 Å². The number of benzene rings is 1. The molecule has 0 radical (unpaired) electrons. The van der Waals surface area contributed by atoms with Crippen LogP contribution >= 0.6 is 0 Å². The molecule has 0 bridgehead atoms. The minimum atomic E-state index is 0.536. The second kappa shape index (κ2) is 6.56. The number of hydrogen-bond donors (Lipinski definition) is 1. The van der Waals surface area contributed by atoms with Crippen molar-refractivity contribution >= 4 is 0 Å². The third kappa shape index (κ3) is 3.39. The van der Waals surface area contributed by atoms with E-state index >= 15 is 0 Å². The summed E-state index contributed by atoms with van der Waals surface area (Å²) in [5, 5.41) is 3.58. The Morgan fingerprint density at radius 2 is 2.00 bits per heavy atom. The fraction of sp³-hybridized carbons (Fsp3) is 0.667. The standard InChI is InChI=1S/C18H29N/c1-5-15-7-6-8-16(12-15)18(19-4)17-10-9-13(2)14(3)11-17/h9-11,15-16,18-19H,5-8,12H2,1-4H3. The van der Waals surface area contributed by atoms with Gasteiger partial charge in [-0.05, 0) is 62.3 Å². The van der Waals surface area contributed by atoms with Crippen LogP contribution in [-0.4, -0.2) is 7.05 Å². The zero-order chi connectivity index (χ0) is 13.8. The van der Waals surface area contributed by atoms with Gasteiger partial charge in [-0.3, -0.25) is 0 Å². The van der Waals surface area contributed by atoms with Crippen molar-refractivity contribution in [2.45, 2.75) is 58.9 Å². The zero-order valence-electron chi connectivity index (χ0n) is 13.0. The van der Waals surface area contributed by atoms with Gasteiger partial charge in [0.25, 0.3) is 0 Å². The van der Waals surface area contributed by atoms with Gasteiger partial charge in [0.2, 0.25) is 0 Å². The van der Waals surface area contributed by atoms with E-state index in [1.165, 1.54) is 48.8 Å². The summed E-state index contributed by atoms with van der Waals surface area (Å²) in [6.07, 6.45) is 6.98. The maximum absolute atomic E-state index is 3.58. The van der Waals surface area contributed by atoms with Crippen molar-refractivity contribution in [1.29, 1.82) is 0 Å². The monoisotopic (exact) mass is 259 g/mol. The van der Waals surface area contributed by atoms with Crippen LogP contribution in [0, 0.1) is 25.7 Å². The van der Waals surface area contributed by atoms with Crippen LogP contribution < -0.4 is 5.32 Å². The molecule has 0 heterocycles. The van der Waals surface area contributed by atoms with Gasteiger partial charge in [0, 0.05) is 6.04 Å². The Hall–Kier alpha value is -0.820. The number of aryl methyl sites for hydroxylation is 2. The van der Waals surface area contributed by atoms with Crippen molar-refractivity contribution in [1.82, 2.24) is 5.32 Å². The number of nitrogens with one attached hydrogen (secondary N) is 1. The summed E-state index contributed by atoms with van der Waals surface area (Å²) in [4.78, 5) is 0. The molecule has 0 amide bonds. The first kappa shape index (κ1) is 14.6. The fourth-order valence-electron chi connectivity index (χ4n) is 3.64. The molecule has 2 rings (SSSR count). The van der Waals surface area contributed by atoms with E-state index in [1.54, 1.807) is 0 Å². The third-order valence-corrected chi connectivity index (χ3v) is 5.07. The second-order valence-corrected chi connectivity index (χ2v) is 6.31. The minimum Gasteiger partial charge on any atom is -0.313 e. The van der Waals surface area contributed by atoms with E-state index in [9.17, 15) is 0 Å². The maximum atomic E-state index is 3.58. The van der Waals surface area contributed by atoms with Crippen LogP contribution in [0.25, 0.3) is 0 Å². The molecule has 1 nitrogen and oxygen atoms in total. The van der Waals surface area contributed by atoms with Gasteiger partial charge in [0.15, 0.2) is 0 Å². The topological polar surface area (TPSA) is 12.0 Å². The lowest BCUT2D eigenvalue weighted by Crippen LogP contribution is -2.29. The maximum Gasteiger partial charge on any atom is 0.0346 e. The van der Waals surface area contributed by atoms with Crippen molar-refractivity contribution in [2.75, 3.05) is 7.05 Å². The SMILES string of the molecule is CCC1CCCC(C(NC)c2ccc(C)c(C)c2)C1. The lowest BCUT2D eigenvalue weighted by atomic mass is 9.75. The minimum absolute atomic E-state index is 0.536. The highest BCUT2D eigenvalue weighted by Gasteiger charge is 2.27. The molecule has 3 atom stereocenters. The average Bonchev–Trinajstić information content (AvgIpc) is 2.44. The molecule has 1 aliphatic carbocycles. The highest BCUT2D eigenvalue weighted by atomic mass is 14.9. The molecule has 1 N–H and O–H groups in total. The molecule has 1 fully saturated rings. The highest BCUT2D eigenvalue weighted by Crippen LogP contribution is 2.38. The molecular weight excluding hydrogens is 230 g/mol. The van der Waals surface area contributed by atoms with Gasteiger partial charge in [-0.2, -0.15) is 0 Å². The molecular formula is C18H29N. The molecule has 0 aromatic heterocycles. The van der Waals surface area contributed by atoms with Gasteiger partial charge in [0.1, 0.15) is 0 Å². The normalized spacial score (nSPS) is 25.3. The van der Waals surface area contributed by atoms with Crippen molar-refractivity contribution in [2.24, 2.45) is 11.8 Å². The van der Waals surface area contributed by atoms with Crippen molar-refractivity contribution < 1.29 is 0 Å². The molecule has 1 saturated carbocycles. The summed E-state index contributed by atoms with van der Waals surface area (Å²) in [7, 11) is 2.12. The quantitative estimate of drug-likeness (QED) is 0.820. The van der Waals surface area contributed by atoms with Crippen molar-refractivity contribution in [3.05, 3.63) is 34.9 Å². The van der Waals surface area contributed by atoms with E-state index < -0.39 is 0 Å². The summed E-state index contributed by atoms with van der Waals surface area (Å²) in [6, 6.07) is 7.51. The average molecular weight is 259 g/mol. The summed E-state index contributed by atoms with van der Waals surface area (Å²) in [6.45, 7) is 6.76. The smallest absolute Gasteiger partial charge is 0.0346 e. The van der Waals surface area contributed by atoms with E-state index in [0.29, 0.717) is 6.04 Å². The Morgan fingerprint density at radius 3 is 2.63 bits per heavy atom. The summed E-state index contributed by atoms with van der Waals surface area (Å²) in [5.74, 6) is 1.76. The van der Waals surface area contributed by atoms with Crippen molar-refractivity contribution in [3.63, 3.8) is 0 Å². The summed E-state index contributed by atoms with van der Waals surface area (Å²) >= 11 is 0. The molecule has 106 valence electrons. The Morgan fingerprint density at radius 1 is 1.21 bits per heavy atom. The fourth-order valence-corrected chi connectivity index (χ4v) is 3.64. The highest BCUT2D eigenvalue weighted by molar-refractivity contribution is 5.32. The Balaban J connectivity index is 2.16. The Labute approximate surface area is 118 Å². The first-order valence-corrected chi connectivity index (χ1v) is 7.90. The Kier molecular flexibility index (Phi) is 5.04. The molecule has 1 heteroatoms. The van der Waals surface area contributed by atoms with Crippen molar-refractivity contribution in [3.8, 4) is 0 Å². The van der Waals surface area contributed by atoms with Gasteiger partial charge in [-0.15, -0.1) is 0 Å². The molecule has 3 unspecified atom stereocenters. The number of hydrogen-bond acceptors (Lipinski definition) is 1. The van der Waals surface area contributed by atoms with E-state index in [-0.39, 0.29) is 0 Å². The summed E-state index contributed by atoms with van der Waals surface area (Å²) < 4.78 is 0. The van der Waals surface area contributed by atoms with Crippen LogP contribution in [0.15, 0.2) is 18.2 Å². The largest absolute Gasteiger partial charge is 0.313 e. The van der Waals surface area contributed by atoms with E-state index in [2.05, 4.69) is 51.3 Å².